The Hall–Kier alpha value is -3.64. The molecule has 6 nitrogen and oxygen atoms in total. The molecule has 3 N–H and O–H groups in total. The Balaban J connectivity index is 1.51. The van der Waals surface area contributed by atoms with Crippen molar-refractivity contribution in [1.29, 1.82) is 0 Å². The minimum Gasteiger partial charge on any atom is -0.338 e. The standard InChI is InChI=1S/C22H17ClN4O2/c1-13(28)24-17-3-2-4-18(12-17)25-22(29)15-7-5-14(6-8-15)21-26-19-10-9-16(23)11-20(19)27-21/h2-12H,1H3,(H,24,28)(H,25,29)(H,26,27). The third-order valence-corrected chi connectivity index (χ3v) is 4.54. The highest BCUT2D eigenvalue weighted by molar-refractivity contribution is 6.31. The van der Waals surface area contributed by atoms with Gasteiger partial charge in [0.1, 0.15) is 5.82 Å². The van der Waals surface area contributed by atoms with Crippen LogP contribution in [0, 0.1) is 0 Å². The van der Waals surface area contributed by atoms with Crippen LogP contribution in [0.1, 0.15) is 17.3 Å². The molecule has 0 aliphatic rings. The second-order valence-electron chi connectivity index (χ2n) is 6.54. The van der Waals surface area contributed by atoms with Crippen LogP contribution >= 0.6 is 11.6 Å². The van der Waals surface area contributed by atoms with Crippen LogP contribution in [0.5, 0.6) is 0 Å². The topological polar surface area (TPSA) is 86.9 Å². The van der Waals surface area contributed by atoms with Crippen molar-refractivity contribution in [1.82, 2.24) is 9.97 Å². The highest BCUT2D eigenvalue weighted by Crippen LogP contribution is 2.23. The van der Waals surface area contributed by atoms with Gasteiger partial charge in [0.15, 0.2) is 0 Å². The fraction of sp³-hybridized carbons (Fsp3) is 0.0455. The number of nitrogens with one attached hydrogen (secondary N) is 3. The van der Waals surface area contributed by atoms with Gasteiger partial charge in [0.05, 0.1) is 11.0 Å². The molecule has 0 aliphatic carbocycles. The van der Waals surface area contributed by atoms with Gasteiger partial charge < -0.3 is 15.6 Å². The van der Waals surface area contributed by atoms with Gasteiger partial charge in [-0.1, -0.05) is 29.8 Å². The lowest BCUT2D eigenvalue weighted by Crippen LogP contribution is -2.12. The van der Waals surface area contributed by atoms with E-state index >= 15 is 0 Å². The first kappa shape index (κ1) is 18.7. The van der Waals surface area contributed by atoms with Gasteiger partial charge in [-0.25, -0.2) is 4.98 Å². The first-order valence-electron chi connectivity index (χ1n) is 8.93. The number of hydrogen-bond donors (Lipinski definition) is 3. The Bertz CT molecular complexity index is 1220. The molecule has 7 heteroatoms. The van der Waals surface area contributed by atoms with Crippen molar-refractivity contribution in [3.63, 3.8) is 0 Å². The Morgan fingerprint density at radius 2 is 1.66 bits per heavy atom. The molecule has 0 spiro atoms. The molecule has 3 aromatic carbocycles. The van der Waals surface area contributed by atoms with E-state index in [4.69, 9.17) is 11.6 Å². The van der Waals surface area contributed by atoms with E-state index in [2.05, 4.69) is 20.6 Å². The Kier molecular flexibility index (Phi) is 5.01. The summed E-state index contributed by atoms with van der Waals surface area (Å²) in [5.41, 5.74) is 4.27. The first-order chi connectivity index (χ1) is 14.0. The monoisotopic (exact) mass is 404 g/mol. The number of amides is 2. The maximum Gasteiger partial charge on any atom is 0.255 e. The molecule has 1 heterocycles. The summed E-state index contributed by atoms with van der Waals surface area (Å²) in [6.45, 7) is 1.43. The quantitative estimate of drug-likeness (QED) is 0.442. The number of nitrogens with zero attached hydrogens (tertiary/aromatic N) is 1. The van der Waals surface area contributed by atoms with Crippen LogP contribution in [0.25, 0.3) is 22.4 Å². The number of H-pyrrole nitrogens is 1. The Morgan fingerprint density at radius 3 is 2.38 bits per heavy atom. The van der Waals surface area contributed by atoms with Gasteiger partial charge in [-0.2, -0.15) is 0 Å². The normalized spacial score (nSPS) is 10.7. The number of hydrogen-bond acceptors (Lipinski definition) is 3. The zero-order chi connectivity index (χ0) is 20.4. The number of benzene rings is 3. The van der Waals surface area contributed by atoms with Crippen LogP contribution < -0.4 is 10.6 Å². The molecule has 1 aromatic heterocycles. The van der Waals surface area contributed by atoms with E-state index in [1.165, 1.54) is 6.92 Å². The van der Waals surface area contributed by atoms with Crippen LogP contribution in [0.2, 0.25) is 5.02 Å². The summed E-state index contributed by atoms with van der Waals surface area (Å²) in [7, 11) is 0. The SMILES string of the molecule is CC(=O)Nc1cccc(NC(=O)c2ccc(-c3nc4ccc(Cl)cc4[nH]3)cc2)c1. The van der Waals surface area contributed by atoms with Gasteiger partial charge in [0.25, 0.3) is 5.91 Å². The van der Waals surface area contributed by atoms with E-state index in [0.29, 0.717) is 27.8 Å². The number of carbonyl (C=O) groups excluding carboxylic acids is 2. The van der Waals surface area contributed by atoms with E-state index in [1.54, 1.807) is 42.5 Å². The van der Waals surface area contributed by atoms with E-state index < -0.39 is 0 Å². The van der Waals surface area contributed by atoms with Crippen molar-refractivity contribution in [3.8, 4) is 11.4 Å². The summed E-state index contributed by atoms with van der Waals surface area (Å²) < 4.78 is 0. The molecule has 2 amide bonds. The van der Waals surface area contributed by atoms with Crippen molar-refractivity contribution in [2.45, 2.75) is 6.92 Å². The average molecular weight is 405 g/mol. The van der Waals surface area contributed by atoms with Gasteiger partial charge >= 0.3 is 0 Å². The second kappa shape index (κ2) is 7.77. The summed E-state index contributed by atoms with van der Waals surface area (Å²) in [5, 5.41) is 6.16. The van der Waals surface area contributed by atoms with Gasteiger partial charge in [-0.3, -0.25) is 9.59 Å². The summed E-state index contributed by atoms with van der Waals surface area (Å²) >= 11 is 6.02. The lowest BCUT2D eigenvalue weighted by Gasteiger charge is -2.08. The number of rotatable bonds is 4. The summed E-state index contributed by atoms with van der Waals surface area (Å²) in [5.74, 6) is 0.294. The van der Waals surface area contributed by atoms with E-state index in [0.717, 1.165) is 16.6 Å². The van der Waals surface area contributed by atoms with Crippen LogP contribution in [0.4, 0.5) is 11.4 Å². The zero-order valence-corrected chi connectivity index (χ0v) is 16.2. The van der Waals surface area contributed by atoms with Crippen molar-refractivity contribution in [2.24, 2.45) is 0 Å². The first-order valence-corrected chi connectivity index (χ1v) is 9.30. The lowest BCUT2D eigenvalue weighted by atomic mass is 10.1. The van der Waals surface area contributed by atoms with Crippen molar-refractivity contribution in [3.05, 3.63) is 77.3 Å². The lowest BCUT2D eigenvalue weighted by molar-refractivity contribution is -0.114. The molecule has 0 radical (unpaired) electrons. The van der Waals surface area contributed by atoms with Crippen molar-refractivity contribution >= 4 is 45.8 Å². The average Bonchev–Trinajstić information content (AvgIpc) is 3.11. The molecule has 0 aliphatic heterocycles. The molecule has 0 saturated carbocycles. The number of halogens is 1. The van der Waals surface area contributed by atoms with Crippen LogP contribution in [0.3, 0.4) is 0 Å². The fourth-order valence-corrected chi connectivity index (χ4v) is 3.15. The van der Waals surface area contributed by atoms with Crippen LogP contribution in [-0.2, 0) is 4.79 Å². The molecule has 0 saturated heterocycles. The van der Waals surface area contributed by atoms with Crippen LogP contribution in [-0.4, -0.2) is 21.8 Å². The molecular weight excluding hydrogens is 388 g/mol. The van der Waals surface area contributed by atoms with E-state index in [-0.39, 0.29) is 11.8 Å². The molecule has 4 aromatic rings. The zero-order valence-electron chi connectivity index (χ0n) is 15.5. The summed E-state index contributed by atoms with van der Waals surface area (Å²) in [6, 6.07) is 19.6. The van der Waals surface area contributed by atoms with Gasteiger partial charge in [0.2, 0.25) is 5.91 Å². The van der Waals surface area contributed by atoms with Crippen molar-refractivity contribution in [2.75, 3.05) is 10.6 Å². The number of anilines is 2. The Labute approximate surface area is 171 Å². The number of aromatic nitrogens is 2. The smallest absolute Gasteiger partial charge is 0.255 e. The third kappa shape index (κ3) is 4.28. The molecule has 4 rings (SSSR count). The predicted molar refractivity (Wildman–Crippen MR) is 115 cm³/mol. The van der Waals surface area contributed by atoms with E-state index in [9.17, 15) is 9.59 Å². The van der Waals surface area contributed by atoms with Gasteiger partial charge in [-0.05, 0) is 48.5 Å². The highest BCUT2D eigenvalue weighted by atomic mass is 35.5. The minimum atomic E-state index is -0.243. The number of carbonyl (C=O) groups is 2. The summed E-state index contributed by atoms with van der Waals surface area (Å²) in [4.78, 5) is 31.5. The third-order valence-electron chi connectivity index (χ3n) is 4.31. The molecule has 29 heavy (non-hydrogen) atoms. The van der Waals surface area contributed by atoms with Gasteiger partial charge in [-0.15, -0.1) is 0 Å². The van der Waals surface area contributed by atoms with Crippen LogP contribution in [0.15, 0.2) is 66.7 Å². The maximum absolute atomic E-state index is 12.5. The molecule has 0 bridgehead atoms. The molecule has 0 unspecified atom stereocenters. The second-order valence-corrected chi connectivity index (χ2v) is 6.98. The molecule has 144 valence electrons. The number of aromatic amines is 1. The highest BCUT2D eigenvalue weighted by Gasteiger charge is 2.10. The summed E-state index contributed by atoms with van der Waals surface area (Å²) in [6.07, 6.45) is 0. The van der Waals surface area contributed by atoms with E-state index in [1.807, 2.05) is 24.3 Å². The van der Waals surface area contributed by atoms with Gasteiger partial charge in [0, 0.05) is 34.4 Å². The number of imidazole rings is 1. The molecular formula is C22H17ClN4O2. The molecule has 0 atom stereocenters. The Morgan fingerprint density at radius 1 is 0.931 bits per heavy atom. The largest absolute Gasteiger partial charge is 0.338 e. The maximum atomic E-state index is 12.5. The molecule has 0 fully saturated rings. The van der Waals surface area contributed by atoms with Crippen molar-refractivity contribution < 1.29 is 9.59 Å². The minimum absolute atomic E-state index is 0.170. The fourth-order valence-electron chi connectivity index (χ4n) is 2.98. The predicted octanol–water partition coefficient (Wildman–Crippen LogP) is 5.09. The number of fused-ring (bicyclic) bond motifs is 1.